The van der Waals surface area contributed by atoms with Crippen LogP contribution in [0.3, 0.4) is 0 Å². The minimum Gasteiger partial charge on any atom is -0.354 e. The van der Waals surface area contributed by atoms with Gasteiger partial charge in [-0.05, 0) is 116 Å². The Morgan fingerprint density at radius 3 is 1.16 bits per heavy atom. The maximum absolute atomic E-state index is 3.92. The summed E-state index contributed by atoms with van der Waals surface area (Å²) in [7, 11) is 0.301. The van der Waals surface area contributed by atoms with Gasteiger partial charge in [0.25, 0.3) is 0 Å². The van der Waals surface area contributed by atoms with Crippen LogP contribution in [0.1, 0.15) is 0 Å². The smallest absolute Gasteiger partial charge is 0.0684 e. The van der Waals surface area contributed by atoms with Gasteiger partial charge in [-0.2, -0.15) is 0 Å². The summed E-state index contributed by atoms with van der Waals surface area (Å²) in [5, 5.41) is 5.17. The summed E-state index contributed by atoms with van der Waals surface area (Å²) in [6.07, 6.45) is 0. The summed E-state index contributed by atoms with van der Waals surface area (Å²) < 4.78 is 2.49. The van der Waals surface area contributed by atoms with Gasteiger partial charge in [-0.3, -0.25) is 0 Å². The second-order valence-electron chi connectivity index (χ2n) is 14.1. The van der Waals surface area contributed by atoms with E-state index in [1.54, 1.807) is 0 Å². The van der Waals surface area contributed by atoms with E-state index >= 15 is 0 Å². The van der Waals surface area contributed by atoms with Crippen LogP contribution in [0, 0.1) is 0 Å². The molecule has 0 spiro atoms. The van der Waals surface area contributed by atoms with Crippen molar-refractivity contribution in [3.63, 3.8) is 0 Å². The van der Waals surface area contributed by atoms with Gasteiger partial charge in [-0.25, -0.2) is 0 Å². The molecule has 0 aliphatic carbocycles. The fourth-order valence-corrected chi connectivity index (χ4v) is 8.57. The van der Waals surface area contributed by atoms with Gasteiger partial charge in [0, 0.05) is 20.1 Å². The van der Waals surface area contributed by atoms with Crippen LogP contribution < -0.4 is 15.3 Å². The average Bonchev–Trinajstić information content (AvgIpc) is 3.30. The molecule has 3 heteroatoms. The maximum atomic E-state index is 3.92. The summed E-state index contributed by atoms with van der Waals surface area (Å²) in [5.41, 5.74) is 16.1. The highest BCUT2D eigenvalue weighted by atomic mass is 31.1. The molecule has 0 aliphatic heterocycles. The maximum Gasteiger partial charge on any atom is 0.0684 e. The van der Waals surface area contributed by atoms with Crippen molar-refractivity contribution >= 4 is 36.8 Å². The molecule has 1 unspecified atom stereocenters. The standard InChI is InChI=1S/C54H41N2P/c1-6-19-40(20-7-1)45-29-18-30-52(39-45)57-56(51-37-48(43-25-12-4-13-26-43)34-49(38-51)44-27-14-5-15-28-44)54-32-17-16-31-53(54)55-50-35-46(41-21-8-2-9-22-41)33-47(36-50)42-23-10-3-11-24-42/h1-39,55,57H. The van der Waals surface area contributed by atoms with Crippen molar-refractivity contribution < 1.29 is 0 Å². The predicted molar refractivity (Wildman–Crippen MR) is 246 cm³/mol. The molecule has 0 saturated carbocycles. The normalized spacial score (nSPS) is 11.1. The molecule has 0 amide bonds. The molecule has 9 aromatic rings. The topological polar surface area (TPSA) is 15.3 Å². The summed E-state index contributed by atoms with van der Waals surface area (Å²) >= 11 is 0. The number of para-hydroxylation sites is 2. The summed E-state index contributed by atoms with van der Waals surface area (Å²) in [6, 6.07) is 84.8. The number of rotatable bonds is 11. The second kappa shape index (κ2) is 16.8. The number of nitrogens with zero attached hydrogens (tertiary/aromatic N) is 1. The van der Waals surface area contributed by atoms with Gasteiger partial charge in [0.15, 0.2) is 0 Å². The minimum absolute atomic E-state index is 0.301. The molecule has 0 bridgehead atoms. The third kappa shape index (κ3) is 8.33. The Balaban J connectivity index is 1.20. The van der Waals surface area contributed by atoms with Crippen LogP contribution in [0.2, 0.25) is 0 Å². The lowest BCUT2D eigenvalue weighted by molar-refractivity contribution is 1.41. The fraction of sp³-hybridized carbons (Fsp3) is 0. The number of hydrogen-bond donors (Lipinski definition) is 1. The van der Waals surface area contributed by atoms with Gasteiger partial charge in [0.05, 0.1) is 11.4 Å². The molecule has 57 heavy (non-hydrogen) atoms. The SMILES string of the molecule is c1ccc(-c2cccc(PN(c3cc(-c4ccccc4)cc(-c4ccccc4)c3)c3ccccc3Nc3cc(-c4ccccc4)cc(-c4ccccc4)c3)c2)cc1. The lowest BCUT2D eigenvalue weighted by Crippen LogP contribution is -2.13. The van der Waals surface area contributed by atoms with E-state index in [4.69, 9.17) is 0 Å². The first-order chi connectivity index (χ1) is 28.2. The van der Waals surface area contributed by atoms with E-state index in [-0.39, 0.29) is 0 Å². The molecule has 1 atom stereocenters. The Labute approximate surface area is 337 Å². The fourth-order valence-electron chi connectivity index (χ4n) is 7.35. The van der Waals surface area contributed by atoms with Gasteiger partial charge in [-0.15, -0.1) is 0 Å². The largest absolute Gasteiger partial charge is 0.354 e. The first-order valence-electron chi connectivity index (χ1n) is 19.3. The molecule has 0 heterocycles. The number of nitrogens with one attached hydrogen (secondary N) is 1. The molecule has 0 saturated heterocycles. The lowest BCUT2D eigenvalue weighted by atomic mass is 9.97. The van der Waals surface area contributed by atoms with E-state index in [2.05, 4.69) is 247 Å². The van der Waals surface area contributed by atoms with Gasteiger partial charge < -0.3 is 9.99 Å². The minimum atomic E-state index is 0.301. The Morgan fingerprint density at radius 1 is 0.298 bits per heavy atom. The average molecular weight is 749 g/mol. The van der Waals surface area contributed by atoms with Gasteiger partial charge in [-0.1, -0.05) is 182 Å². The van der Waals surface area contributed by atoms with Crippen molar-refractivity contribution in [1.82, 2.24) is 0 Å². The monoisotopic (exact) mass is 748 g/mol. The van der Waals surface area contributed by atoms with E-state index in [1.807, 2.05) is 0 Å². The van der Waals surface area contributed by atoms with E-state index in [0.717, 1.165) is 33.9 Å². The molecule has 9 aromatic carbocycles. The number of hydrogen-bond acceptors (Lipinski definition) is 2. The first-order valence-corrected chi connectivity index (χ1v) is 20.3. The molecule has 9 rings (SSSR count). The zero-order valence-electron chi connectivity index (χ0n) is 31.5. The second-order valence-corrected chi connectivity index (χ2v) is 15.3. The number of anilines is 4. The first kappa shape index (κ1) is 35.7. The molecular weight excluding hydrogens is 708 g/mol. The van der Waals surface area contributed by atoms with Crippen molar-refractivity contribution in [2.45, 2.75) is 0 Å². The van der Waals surface area contributed by atoms with E-state index in [9.17, 15) is 0 Å². The van der Waals surface area contributed by atoms with Crippen molar-refractivity contribution in [2.24, 2.45) is 0 Å². The van der Waals surface area contributed by atoms with Crippen LogP contribution in [0.15, 0.2) is 237 Å². The van der Waals surface area contributed by atoms with Gasteiger partial charge in [0.1, 0.15) is 0 Å². The lowest BCUT2D eigenvalue weighted by Gasteiger charge is -2.29. The molecule has 272 valence electrons. The quantitative estimate of drug-likeness (QED) is 0.133. The molecule has 0 fully saturated rings. The zero-order chi connectivity index (χ0) is 38.2. The Bertz CT molecular complexity index is 2600. The van der Waals surface area contributed by atoms with Crippen molar-refractivity contribution in [3.8, 4) is 55.6 Å². The molecule has 0 aromatic heterocycles. The third-order valence-corrected chi connectivity index (χ3v) is 11.5. The van der Waals surface area contributed by atoms with Gasteiger partial charge >= 0.3 is 0 Å². The van der Waals surface area contributed by atoms with Crippen LogP contribution in [0.5, 0.6) is 0 Å². The highest BCUT2D eigenvalue weighted by Gasteiger charge is 2.19. The van der Waals surface area contributed by atoms with Crippen molar-refractivity contribution in [3.05, 3.63) is 237 Å². The predicted octanol–water partition coefficient (Wildman–Crippen LogP) is 14.8. The molecule has 0 radical (unpaired) electrons. The van der Waals surface area contributed by atoms with Crippen LogP contribution in [-0.4, -0.2) is 0 Å². The van der Waals surface area contributed by atoms with E-state index < -0.39 is 0 Å². The molecule has 1 N–H and O–H groups in total. The molecular formula is C54H41N2P. The van der Waals surface area contributed by atoms with Crippen LogP contribution in [0.4, 0.5) is 22.7 Å². The Hall–Kier alpha value is -6.99. The van der Waals surface area contributed by atoms with Crippen LogP contribution in [0.25, 0.3) is 55.6 Å². The molecule has 0 aliphatic rings. The highest BCUT2D eigenvalue weighted by molar-refractivity contribution is 7.49. The summed E-state index contributed by atoms with van der Waals surface area (Å²) in [5.74, 6) is 0. The Morgan fingerprint density at radius 2 is 0.684 bits per heavy atom. The van der Waals surface area contributed by atoms with Crippen LogP contribution in [-0.2, 0) is 0 Å². The summed E-state index contributed by atoms with van der Waals surface area (Å²) in [6.45, 7) is 0. The van der Waals surface area contributed by atoms with Crippen molar-refractivity contribution in [1.29, 1.82) is 0 Å². The number of benzene rings is 9. The Kier molecular flexibility index (Phi) is 10.5. The van der Waals surface area contributed by atoms with Crippen LogP contribution >= 0.6 is 8.73 Å². The van der Waals surface area contributed by atoms with Crippen molar-refractivity contribution in [2.75, 3.05) is 9.99 Å². The summed E-state index contributed by atoms with van der Waals surface area (Å²) in [4.78, 5) is 0. The van der Waals surface area contributed by atoms with E-state index in [0.29, 0.717) is 8.73 Å². The zero-order valence-corrected chi connectivity index (χ0v) is 32.5. The molecule has 2 nitrogen and oxygen atoms in total. The van der Waals surface area contributed by atoms with Gasteiger partial charge in [0.2, 0.25) is 0 Å². The third-order valence-electron chi connectivity index (χ3n) is 10.2. The van der Waals surface area contributed by atoms with E-state index in [1.165, 1.54) is 49.8 Å². The highest BCUT2D eigenvalue weighted by Crippen LogP contribution is 2.45.